The van der Waals surface area contributed by atoms with E-state index in [1.54, 1.807) is 10.9 Å². The Morgan fingerprint density at radius 2 is 2.12 bits per heavy atom. The summed E-state index contributed by atoms with van der Waals surface area (Å²) in [5.41, 5.74) is 0.906. The van der Waals surface area contributed by atoms with Crippen LogP contribution in [-0.4, -0.2) is 36.9 Å². The zero-order chi connectivity index (χ0) is 18.6. The highest BCUT2D eigenvalue weighted by atomic mass is 32.2. The second kappa shape index (κ2) is 7.64. The first-order valence-electron chi connectivity index (χ1n) is 7.70. The molecular formula is C16H21FN4O3S. The fourth-order valence-electron chi connectivity index (χ4n) is 2.17. The molecule has 0 aliphatic carbocycles. The second-order valence-corrected chi connectivity index (χ2v) is 7.86. The van der Waals surface area contributed by atoms with Crippen molar-refractivity contribution in [3.63, 3.8) is 0 Å². The minimum Gasteiger partial charge on any atom is -0.350 e. The number of benzene rings is 1. The number of carbonyl (C=O) groups excluding carboxylic acids is 1. The number of nitrogens with one attached hydrogen (secondary N) is 1. The predicted molar refractivity (Wildman–Crippen MR) is 93.0 cm³/mol. The number of hydrogen-bond acceptors (Lipinski definition) is 4. The summed E-state index contributed by atoms with van der Waals surface area (Å²) in [6.45, 7) is 3.77. The first kappa shape index (κ1) is 18.9. The molecule has 0 spiro atoms. The molecule has 1 heterocycles. The third kappa shape index (κ3) is 5.28. The van der Waals surface area contributed by atoms with E-state index in [9.17, 15) is 17.6 Å². The van der Waals surface area contributed by atoms with Crippen LogP contribution in [0.5, 0.6) is 0 Å². The van der Waals surface area contributed by atoms with E-state index in [1.807, 2.05) is 20.0 Å². The Morgan fingerprint density at radius 1 is 1.40 bits per heavy atom. The summed E-state index contributed by atoms with van der Waals surface area (Å²) in [5, 5.41) is 6.81. The van der Waals surface area contributed by atoms with Crippen LogP contribution in [0.3, 0.4) is 0 Å². The standard InChI is InChI=1S/C16H21FN4O3S/c1-12(2)20-10-13(9-19-20)8-18-16(22)11-21(25(3,23)24)15-6-4-5-14(17)7-15/h4-7,9-10,12H,8,11H2,1-3H3,(H,18,22). The molecule has 0 radical (unpaired) electrons. The number of aromatic nitrogens is 2. The molecule has 0 aliphatic heterocycles. The van der Waals surface area contributed by atoms with Crippen LogP contribution in [0, 0.1) is 5.82 Å². The van der Waals surface area contributed by atoms with E-state index < -0.39 is 28.3 Å². The van der Waals surface area contributed by atoms with Crippen molar-refractivity contribution in [2.75, 3.05) is 17.1 Å². The molecule has 25 heavy (non-hydrogen) atoms. The summed E-state index contributed by atoms with van der Waals surface area (Å²) in [7, 11) is -3.73. The molecular weight excluding hydrogens is 347 g/mol. The van der Waals surface area contributed by atoms with Crippen LogP contribution < -0.4 is 9.62 Å². The average molecular weight is 368 g/mol. The third-order valence-electron chi connectivity index (χ3n) is 3.46. The Labute approximate surface area is 146 Å². The number of amides is 1. The van der Waals surface area contributed by atoms with Gasteiger partial charge in [0.1, 0.15) is 12.4 Å². The van der Waals surface area contributed by atoms with E-state index in [-0.39, 0.29) is 18.3 Å². The van der Waals surface area contributed by atoms with E-state index in [0.717, 1.165) is 22.2 Å². The topological polar surface area (TPSA) is 84.3 Å². The largest absolute Gasteiger partial charge is 0.350 e. The van der Waals surface area contributed by atoms with Gasteiger partial charge in [0.05, 0.1) is 18.1 Å². The minimum atomic E-state index is -3.73. The summed E-state index contributed by atoms with van der Waals surface area (Å²) in [5.74, 6) is -1.07. The highest BCUT2D eigenvalue weighted by Gasteiger charge is 2.21. The molecule has 1 N–H and O–H groups in total. The van der Waals surface area contributed by atoms with Crippen LogP contribution >= 0.6 is 0 Å². The first-order chi connectivity index (χ1) is 11.7. The SMILES string of the molecule is CC(C)n1cc(CNC(=O)CN(c2cccc(F)c2)S(C)(=O)=O)cn1. The predicted octanol–water partition coefficient (Wildman–Crippen LogP) is 1.69. The molecule has 9 heteroatoms. The Bertz CT molecular complexity index is 849. The normalized spacial score (nSPS) is 11.6. The van der Waals surface area contributed by atoms with Gasteiger partial charge >= 0.3 is 0 Å². The van der Waals surface area contributed by atoms with Gasteiger partial charge in [0.15, 0.2) is 0 Å². The molecule has 2 aromatic rings. The van der Waals surface area contributed by atoms with Gasteiger partial charge in [-0.05, 0) is 32.0 Å². The van der Waals surface area contributed by atoms with Gasteiger partial charge in [-0.3, -0.25) is 13.8 Å². The van der Waals surface area contributed by atoms with E-state index in [0.29, 0.717) is 0 Å². The molecule has 0 saturated carbocycles. The van der Waals surface area contributed by atoms with Crippen LogP contribution in [-0.2, 0) is 21.4 Å². The van der Waals surface area contributed by atoms with Gasteiger partial charge in [-0.15, -0.1) is 0 Å². The number of nitrogens with zero attached hydrogens (tertiary/aromatic N) is 3. The highest BCUT2D eigenvalue weighted by Crippen LogP contribution is 2.18. The number of anilines is 1. The fourth-order valence-corrected chi connectivity index (χ4v) is 3.02. The minimum absolute atomic E-state index is 0.102. The van der Waals surface area contributed by atoms with Crippen LogP contribution in [0.4, 0.5) is 10.1 Å². The number of hydrogen-bond donors (Lipinski definition) is 1. The average Bonchev–Trinajstić information content (AvgIpc) is 2.98. The molecule has 136 valence electrons. The second-order valence-electron chi connectivity index (χ2n) is 5.95. The van der Waals surface area contributed by atoms with Crippen LogP contribution in [0.1, 0.15) is 25.5 Å². The van der Waals surface area contributed by atoms with Crippen LogP contribution in [0.15, 0.2) is 36.7 Å². The molecule has 0 aliphatic rings. The molecule has 1 aromatic carbocycles. The molecule has 0 unspecified atom stereocenters. The summed E-state index contributed by atoms with van der Waals surface area (Å²) in [6, 6.07) is 5.31. The number of sulfonamides is 1. The molecule has 0 bridgehead atoms. The summed E-state index contributed by atoms with van der Waals surface area (Å²) in [6.07, 6.45) is 4.42. The zero-order valence-corrected chi connectivity index (χ0v) is 15.1. The number of carbonyl (C=O) groups is 1. The van der Waals surface area contributed by atoms with Crippen molar-refractivity contribution >= 4 is 21.6 Å². The molecule has 0 fully saturated rings. The van der Waals surface area contributed by atoms with Gasteiger partial charge in [0.2, 0.25) is 15.9 Å². The summed E-state index contributed by atoms with van der Waals surface area (Å²) in [4.78, 5) is 12.1. The van der Waals surface area contributed by atoms with Gasteiger partial charge in [0.25, 0.3) is 0 Å². The molecule has 0 atom stereocenters. The summed E-state index contributed by atoms with van der Waals surface area (Å²) >= 11 is 0. The van der Waals surface area contributed by atoms with Gasteiger partial charge in [-0.2, -0.15) is 5.10 Å². The van der Waals surface area contributed by atoms with E-state index in [4.69, 9.17) is 0 Å². The fraction of sp³-hybridized carbons (Fsp3) is 0.375. The monoisotopic (exact) mass is 368 g/mol. The van der Waals surface area contributed by atoms with Gasteiger partial charge in [-0.25, -0.2) is 12.8 Å². The van der Waals surface area contributed by atoms with Gasteiger partial charge in [0, 0.05) is 24.3 Å². The molecule has 7 nitrogen and oxygen atoms in total. The Balaban J connectivity index is 2.04. The van der Waals surface area contributed by atoms with Crippen molar-refractivity contribution in [2.24, 2.45) is 0 Å². The first-order valence-corrected chi connectivity index (χ1v) is 9.54. The Kier molecular flexibility index (Phi) is 5.78. The smallest absolute Gasteiger partial charge is 0.241 e. The molecule has 2 rings (SSSR count). The number of rotatable bonds is 7. The molecule has 1 aromatic heterocycles. The lowest BCUT2D eigenvalue weighted by molar-refractivity contribution is -0.119. The maximum absolute atomic E-state index is 13.4. The number of halogens is 1. The molecule has 0 saturated heterocycles. The maximum Gasteiger partial charge on any atom is 0.241 e. The summed E-state index contributed by atoms with van der Waals surface area (Å²) < 4.78 is 39.9. The lowest BCUT2D eigenvalue weighted by Gasteiger charge is -2.21. The maximum atomic E-state index is 13.4. The van der Waals surface area contributed by atoms with Crippen LogP contribution in [0.2, 0.25) is 0 Å². The Morgan fingerprint density at radius 3 is 2.68 bits per heavy atom. The Hall–Kier alpha value is -2.42. The van der Waals surface area contributed by atoms with E-state index in [2.05, 4.69) is 10.4 Å². The van der Waals surface area contributed by atoms with Gasteiger partial charge < -0.3 is 5.32 Å². The van der Waals surface area contributed by atoms with Crippen molar-refractivity contribution in [1.29, 1.82) is 0 Å². The van der Waals surface area contributed by atoms with Crippen molar-refractivity contribution in [3.05, 3.63) is 48.0 Å². The van der Waals surface area contributed by atoms with Gasteiger partial charge in [-0.1, -0.05) is 6.07 Å². The quantitative estimate of drug-likeness (QED) is 0.806. The van der Waals surface area contributed by atoms with Crippen molar-refractivity contribution < 1.29 is 17.6 Å². The third-order valence-corrected chi connectivity index (χ3v) is 4.60. The molecule has 1 amide bonds. The van der Waals surface area contributed by atoms with Crippen LogP contribution in [0.25, 0.3) is 0 Å². The van der Waals surface area contributed by atoms with Crippen molar-refractivity contribution in [2.45, 2.75) is 26.4 Å². The lowest BCUT2D eigenvalue weighted by Crippen LogP contribution is -2.40. The van der Waals surface area contributed by atoms with E-state index >= 15 is 0 Å². The zero-order valence-electron chi connectivity index (χ0n) is 14.3. The van der Waals surface area contributed by atoms with Crippen molar-refractivity contribution in [1.82, 2.24) is 15.1 Å². The highest BCUT2D eigenvalue weighted by molar-refractivity contribution is 7.92. The lowest BCUT2D eigenvalue weighted by atomic mass is 10.3. The van der Waals surface area contributed by atoms with E-state index in [1.165, 1.54) is 18.2 Å². The van der Waals surface area contributed by atoms with Crippen molar-refractivity contribution in [3.8, 4) is 0 Å².